The minimum absolute atomic E-state index is 0.183. The number of esters is 1. The minimum Gasteiger partial charge on any atom is -0.507 e. The van der Waals surface area contributed by atoms with Crippen LogP contribution in [0.5, 0.6) is 5.75 Å². The monoisotopic (exact) mass is 291 g/mol. The number of nitrogens with zero attached hydrogens (tertiary/aromatic N) is 1. The van der Waals surface area contributed by atoms with Crippen LogP contribution >= 0.6 is 11.3 Å². The molecule has 4 nitrogen and oxygen atoms in total. The molecule has 5 heteroatoms. The van der Waals surface area contributed by atoms with Crippen molar-refractivity contribution in [3.8, 4) is 16.3 Å². The Morgan fingerprint density at radius 2 is 2.10 bits per heavy atom. The number of phenolic OH excluding ortho intramolecular Hbond substituents is 1. The van der Waals surface area contributed by atoms with Crippen molar-refractivity contribution < 1.29 is 14.6 Å². The summed E-state index contributed by atoms with van der Waals surface area (Å²) < 4.78 is 5.08. The number of para-hydroxylation sites is 1. The lowest BCUT2D eigenvalue weighted by Crippen LogP contribution is -2.31. The standard InChI is InChI=1S/C15H17NO3S/c1-4-19-14(18)15(2,3)12-9-20-13(16-12)10-7-5-6-8-11(10)17/h5-9,17H,4H2,1-3H3. The average Bonchev–Trinajstić information content (AvgIpc) is 2.89. The second kappa shape index (κ2) is 5.63. The molecule has 2 aromatic rings. The largest absolute Gasteiger partial charge is 0.507 e. The van der Waals surface area contributed by atoms with E-state index in [9.17, 15) is 9.90 Å². The summed E-state index contributed by atoms with van der Waals surface area (Å²) in [5.74, 6) is -0.114. The summed E-state index contributed by atoms with van der Waals surface area (Å²) in [4.78, 5) is 16.4. The second-order valence-corrected chi connectivity index (χ2v) is 5.76. The number of hydrogen-bond acceptors (Lipinski definition) is 5. The Hall–Kier alpha value is -1.88. The number of aromatic nitrogens is 1. The van der Waals surface area contributed by atoms with E-state index >= 15 is 0 Å². The highest BCUT2D eigenvalue weighted by molar-refractivity contribution is 7.13. The van der Waals surface area contributed by atoms with Crippen molar-refractivity contribution in [1.29, 1.82) is 0 Å². The molecule has 1 N–H and O–H groups in total. The van der Waals surface area contributed by atoms with E-state index < -0.39 is 5.41 Å². The van der Waals surface area contributed by atoms with E-state index in [0.29, 0.717) is 22.9 Å². The van der Waals surface area contributed by atoms with Crippen molar-refractivity contribution in [2.75, 3.05) is 6.61 Å². The van der Waals surface area contributed by atoms with E-state index in [0.717, 1.165) is 0 Å². The Bertz CT molecular complexity index is 619. The Labute approximate surface area is 122 Å². The van der Waals surface area contributed by atoms with E-state index in [1.165, 1.54) is 11.3 Å². The molecule has 0 aliphatic rings. The first-order valence-electron chi connectivity index (χ1n) is 6.38. The fourth-order valence-electron chi connectivity index (χ4n) is 1.76. The molecule has 0 radical (unpaired) electrons. The van der Waals surface area contributed by atoms with Crippen LogP contribution < -0.4 is 0 Å². The lowest BCUT2D eigenvalue weighted by Gasteiger charge is -2.19. The normalized spacial score (nSPS) is 11.3. The maximum Gasteiger partial charge on any atom is 0.317 e. The number of thiazole rings is 1. The predicted molar refractivity (Wildman–Crippen MR) is 78.9 cm³/mol. The summed E-state index contributed by atoms with van der Waals surface area (Å²) in [5, 5.41) is 12.4. The molecule has 0 bridgehead atoms. The van der Waals surface area contributed by atoms with Crippen LogP contribution in [-0.4, -0.2) is 22.7 Å². The van der Waals surface area contributed by atoms with Gasteiger partial charge in [-0.1, -0.05) is 12.1 Å². The SMILES string of the molecule is CCOC(=O)C(C)(C)c1csc(-c2ccccc2O)n1. The third kappa shape index (κ3) is 2.67. The summed E-state index contributed by atoms with van der Waals surface area (Å²) in [5.41, 5.74) is 0.525. The molecular formula is C15H17NO3S. The number of carbonyl (C=O) groups excluding carboxylic acids is 1. The molecular weight excluding hydrogens is 274 g/mol. The Balaban J connectivity index is 2.34. The third-order valence-electron chi connectivity index (χ3n) is 3.06. The zero-order chi connectivity index (χ0) is 14.8. The first kappa shape index (κ1) is 14.5. The number of benzene rings is 1. The molecule has 0 saturated carbocycles. The predicted octanol–water partition coefficient (Wildman–Crippen LogP) is 3.36. The van der Waals surface area contributed by atoms with Crippen molar-refractivity contribution in [2.45, 2.75) is 26.2 Å². The van der Waals surface area contributed by atoms with Gasteiger partial charge >= 0.3 is 5.97 Å². The van der Waals surface area contributed by atoms with Gasteiger partial charge in [-0.2, -0.15) is 0 Å². The van der Waals surface area contributed by atoms with Crippen molar-refractivity contribution in [3.63, 3.8) is 0 Å². The van der Waals surface area contributed by atoms with E-state index in [4.69, 9.17) is 4.74 Å². The molecule has 106 valence electrons. The van der Waals surface area contributed by atoms with Crippen LogP contribution in [-0.2, 0) is 14.9 Å². The van der Waals surface area contributed by atoms with E-state index in [-0.39, 0.29) is 11.7 Å². The number of ether oxygens (including phenoxy) is 1. The van der Waals surface area contributed by atoms with Gasteiger partial charge in [-0.25, -0.2) is 4.98 Å². The molecule has 0 amide bonds. The zero-order valence-corrected chi connectivity index (χ0v) is 12.5. The molecule has 0 fully saturated rings. The number of rotatable bonds is 4. The van der Waals surface area contributed by atoms with Gasteiger partial charge in [0.05, 0.1) is 17.9 Å². The lowest BCUT2D eigenvalue weighted by molar-refractivity contribution is -0.148. The minimum atomic E-state index is -0.796. The highest BCUT2D eigenvalue weighted by Gasteiger charge is 2.34. The summed E-state index contributed by atoms with van der Waals surface area (Å²) in [6.07, 6.45) is 0. The second-order valence-electron chi connectivity index (χ2n) is 4.90. The Morgan fingerprint density at radius 1 is 1.40 bits per heavy atom. The molecule has 2 rings (SSSR count). The van der Waals surface area contributed by atoms with Gasteiger partial charge in [0.1, 0.15) is 16.2 Å². The van der Waals surface area contributed by atoms with E-state index in [1.54, 1.807) is 39.0 Å². The molecule has 0 aliphatic carbocycles. The van der Waals surface area contributed by atoms with Crippen LogP contribution in [0.1, 0.15) is 26.5 Å². The molecule has 0 saturated heterocycles. The lowest BCUT2D eigenvalue weighted by atomic mass is 9.90. The number of aromatic hydroxyl groups is 1. The van der Waals surface area contributed by atoms with Crippen molar-refractivity contribution >= 4 is 17.3 Å². The van der Waals surface area contributed by atoms with Gasteiger partial charge in [0.25, 0.3) is 0 Å². The molecule has 0 aliphatic heterocycles. The Morgan fingerprint density at radius 3 is 2.75 bits per heavy atom. The van der Waals surface area contributed by atoms with Gasteiger partial charge in [-0.3, -0.25) is 4.79 Å². The fraction of sp³-hybridized carbons (Fsp3) is 0.333. The van der Waals surface area contributed by atoms with Crippen molar-refractivity contribution in [3.05, 3.63) is 35.3 Å². The molecule has 0 unspecified atom stereocenters. The first-order valence-corrected chi connectivity index (χ1v) is 7.26. The van der Waals surface area contributed by atoms with E-state index in [1.807, 2.05) is 11.4 Å². The van der Waals surface area contributed by atoms with Gasteiger partial charge in [-0.05, 0) is 32.9 Å². The molecule has 1 aromatic heterocycles. The van der Waals surface area contributed by atoms with Crippen LogP contribution in [0.2, 0.25) is 0 Å². The zero-order valence-electron chi connectivity index (χ0n) is 11.7. The van der Waals surface area contributed by atoms with Gasteiger partial charge in [-0.15, -0.1) is 11.3 Å². The summed E-state index contributed by atoms with van der Waals surface area (Å²) in [7, 11) is 0. The molecule has 20 heavy (non-hydrogen) atoms. The smallest absolute Gasteiger partial charge is 0.317 e. The number of hydrogen-bond donors (Lipinski definition) is 1. The number of phenols is 1. The summed E-state index contributed by atoms with van der Waals surface area (Å²) >= 11 is 1.40. The fourth-order valence-corrected chi connectivity index (χ4v) is 2.78. The van der Waals surface area contributed by atoms with Crippen LogP contribution in [0.4, 0.5) is 0 Å². The molecule has 1 aromatic carbocycles. The highest BCUT2D eigenvalue weighted by Crippen LogP contribution is 2.34. The summed E-state index contributed by atoms with van der Waals surface area (Å²) in [6, 6.07) is 7.02. The highest BCUT2D eigenvalue weighted by atomic mass is 32.1. The van der Waals surface area contributed by atoms with Crippen LogP contribution in [0.15, 0.2) is 29.6 Å². The van der Waals surface area contributed by atoms with Crippen LogP contribution in [0.25, 0.3) is 10.6 Å². The maximum absolute atomic E-state index is 12.0. The van der Waals surface area contributed by atoms with Gasteiger partial charge < -0.3 is 9.84 Å². The topological polar surface area (TPSA) is 59.4 Å². The van der Waals surface area contributed by atoms with Crippen LogP contribution in [0.3, 0.4) is 0 Å². The van der Waals surface area contributed by atoms with Crippen LogP contribution in [0, 0.1) is 0 Å². The maximum atomic E-state index is 12.0. The number of carbonyl (C=O) groups is 1. The molecule has 0 spiro atoms. The molecule has 1 heterocycles. The van der Waals surface area contributed by atoms with Crippen molar-refractivity contribution in [1.82, 2.24) is 4.98 Å². The van der Waals surface area contributed by atoms with Gasteiger partial charge in [0.2, 0.25) is 0 Å². The molecule has 0 atom stereocenters. The Kier molecular flexibility index (Phi) is 4.09. The van der Waals surface area contributed by atoms with E-state index in [2.05, 4.69) is 4.98 Å². The average molecular weight is 291 g/mol. The quantitative estimate of drug-likeness (QED) is 0.878. The summed E-state index contributed by atoms with van der Waals surface area (Å²) in [6.45, 7) is 5.70. The third-order valence-corrected chi connectivity index (χ3v) is 3.94. The van der Waals surface area contributed by atoms with Gasteiger partial charge in [0, 0.05) is 5.38 Å². The first-order chi connectivity index (χ1) is 9.46. The van der Waals surface area contributed by atoms with Crippen molar-refractivity contribution in [2.24, 2.45) is 0 Å². The van der Waals surface area contributed by atoms with Gasteiger partial charge in [0.15, 0.2) is 0 Å².